The second-order valence-electron chi connectivity index (χ2n) is 3.67. The lowest BCUT2D eigenvalue weighted by atomic mass is 10.00. The summed E-state index contributed by atoms with van der Waals surface area (Å²) in [5.41, 5.74) is 3.20. The number of fused-ring (bicyclic) bond motifs is 1. The summed E-state index contributed by atoms with van der Waals surface area (Å²) in [5, 5.41) is 8.98. The summed E-state index contributed by atoms with van der Waals surface area (Å²) >= 11 is 0. The van der Waals surface area contributed by atoms with Crippen LogP contribution in [0.3, 0.4) is 0 Å². The lowest BCUT2D eigenvalue weighted by Crippen LogP contribution is -2.34. The molecule has 1 aliphatic heterocycles. The van der Waals surface area contributed by atoms with Crippen molar-refractivity contribution in [2.75, 3.05) is 11.4 Å². The van der Waals surface area contributed by atoms with Gasteiger partial charge in [0.1, 0.15) is 0 Å². The first-order chi connectivity index (χ1) is 6.68. The van der Waals surface area contributed by atoms with Gasteiger partial charge < -0.3 is 5.11 Å². The topological polar surface area (TPSA) is 40.5 Å². The Morgan fingerprint density at radius 2 is 2.29 bits per heavy atom. The highest BCUT2D eigenvalue weighted by molar-refractivity contribution is 5.87. The minimum Gasteiger partial charge on any atom is -0.465 e. The third kappa shape index (κ3) is 1.45. The van der Waals surface area contributed by atoms with Gasteiger partial charge in [-0.05, 0) is 31.4 Å². The summed E-state index contributed by atoms with van der Waals surface area (Å²) in [6, 6.07) is 5.93. The maximum absolute atomic E-state index is 10.9. The van der Waals surface area contributed by atoms with Crippen LogP contribution in [0.2, 0.25) is 0 Å². The Morgan fingerprint density at radius 3 is 3.00 bits per heavy atom. The van der Waals surface area contributed by atoms with Crippen molar-refractivity contribution in [3.05, 3.63) is 29.3 Å². The molecule has 0 aromatic heterocycles. The van der Waals surface area contributed by atoms with Crippen molar-refractivity contribution in [2.24, 2.45) is 0 Å². The van der Waals surface area contributed by atoms with Gasteiger partial charge in [0, 0.05) is 6.54 Å². The van der Waals surface area contributed by atoms with E-state index in [0.717, 1.165) is 24.1 Å². The van der Waals surface area contributed by atoms with E-state index in [1.807, 2.05) is 19.1 Å². The monoisotopic (exact) mass is 191 g/mol. The molecule has 1 aliphatic rings. The molecular weight excluding hydrogens is 178 g/mol. The van der Waals surface area contributed by atoms with Gasteiger partial charge in [0.05, 0.1) is 5.69 Å². The number of benzene rings is 1. The Hall–Kier alpha value is -1.51. The first kappa shape index (κ1) is 9.06. The molecule has 3 nitrogen and oxygen atoms in total. The van der Waals surface area contributed by atoms with Crippen molar-refractivity contribution in [1.82, 2.24) is 0 Å². The van der Waals surface area contributed by atoms with Crippen LogP contribution in [-0.4, -0.2) is 17.7 Å². The summed E-state index contributed by atoms with van der Waals surface area (Å²) in [7, 11) is 0. The maximum Gasteiger partial charge on any atom is 0.411 e. The van der Waals surface area contributed by atoms with E-state index in [9.17, 15) is 4.79 Å². The molecule has 0 atom stereocenters. The molecule has 74 valence electrons. The summed E-state index contributed by atoms with van der Waals surface area (Å²) < 4.78 is 0. The first-order valence-electron chi connectivity index (χ1n) is 4.78. The van der Waals surface area contributed by atoms with Gasteiger partial charge in [-0.2, -0.15) is 0 Å². The zero-order chi connectivity index (χ0) is 10.1. The molecule has 1 N–H and O–H groups in total. The number of anilines is 1. The average molecular weight is 191 g/mol. The maximum atomic E-state index is 10.9. The van der Waals surface area contributed by atoms with E-state index in [-0.39, 0.29) is 0 Å². The first-order valence-corrected chi connectivity index (χ1v) is 4.78. The highest BCUT2D eigenvalue weighted by Crippen LogP contribution is 2.27. The molecular formula is C11H13NO2. The van der Waals surface area contributed by atoms with Crippen molar-refractivity contribution in [3.63, 3.8) is 0 Å². The van der Waals surface area contributed by atoms with Crippen LogP contribution < -0.4 is 4.90 Å². The second kappa shape index (κ2) is 3.33. The molecule has 2 rings (SSSR count). The summed E-state index contributed by atoms with van der Waals surface area (Å²) in [6.07, 6.45) is 1.05. The average Bonchev–Trinajstić information content (AvgIpc) is 2.16. The van der Waals surface area contributed by atoms with Crippen LogP contribution in [0.15, 0.2) is 18.2 Å². The fraction of sp³-hybridized carbons (Fsp3) is 0.364. The van der Waals surface area contributed by atoms with Crippen LogP contribution in [0.5, 0.6) is 0 Å². The van der Waals surface area contributed by atoms with E-state index in [1.54, 1.807) is 0 Å². The minimum atomic E-state index is -0.852. The van der Waals surface area contributed by atoms with Crippen molar-refractivity contribution in [3.8, 4) is 0 Å². The van der Waals surface area contributed by atoms with Crippen molar-refractivity contribution in [1.29, 1.82) is 0 Å². The van der Waals surface area contributed by atoms with Gasteiger partial charge in [-0.3, -0.25) is 4.90 Å². The van der Waals surface area contributed by atoms with E-state index < -0.39 is 6.09 Å². The zero-order valence-electron chi connectivity index (χ0n) is 8.16. The fourth-order valence-electron chi connectivity index (χ4n) is 1.92. The van der Waals surface area contributed by atoms with Crippen LogP contribution in [0.1, 0.15) is 17.5 Å². The standard InChI is InChI=1S/C11H13NO2/c1-8-4-5-10-9(7-8)3-2-6-12(10)11(13)14/h4-5,7H,2-3,6H2,1H3,(H,13,14). The number of carboxylic acid groups (broad SMARTS) is 1. The Labute approximate surface area is 83.0 Å². The molecule has 14 heavy (non-hydrogen) atoms. The molecule has 1 amide bonds. The Morgan fingerprint density at radius 1 is 1.50 bits per heavy atom. The SMILES string of the molecule is Cc1ccc2c(c1)CCCN2C(=O)O. The summed E-state index contributed by atoms with van der Waals surface area (Å²) in [4.78, 5) is 12.4. The lowest BCUT2D eigenvalue weighted by Gasteiger charge is -2.27. The molecule has 1 heterocycles. The van der Waals surface area contributed by atoms with Crippen molar-refractivity contribution >= 4 is 11.8 Å². The van der Waals surface area contributed by atoms with E-state index >= 15 is 0 Å². The van der Waals surface area contributed by atoms with Gasteiger partial charge in [0.25, 0.3) is 0 Å². The van der Waals surface area contributed by atoms with Crippen LogP contribution in [0.4, 0.5) is 10.5 Å². The lowest BCUT2D eigenvalue weighted by molar-refractivity contribution is 0.201. The largest absolute Gasteiger partial charge is 0.465 e. The van der Waals surface area contributed by atoms with Gasteiger partial charge in [-0.15, -0.1) is 0 Å². The number of carbonyl (C=O) groups is 1. The van der Waals surface area contributed by atoms with E-state index in [0.29, 0.717) is 6.54 Å². The minimum absolute atomic E-state index is 0.616. The molecule has 0 bridgehead atoms. The molecule has 0 saturated heterocycles. The molecule has 1 aromatic carbocycles. The number of nitrogens with zero attached hydrogens (tertiary/aromatic N) is 1. The third-order valence-corrected chi connectivity index (χ3v) is 2.58. The Kier molecular flexibility index (Phi) is 2.15. The molecule has 1 aromatic rings. The number of rotatable bonds is 0. The Bertz CT molecular complexity index is 374. The number of hydrogen-bond donors (Lipinski definition) is 1. The Balaban J connectivity index is 2.44. The van der Waals surface area contributed by atoms with Gasteiger partial charge in [0.2, 0.25) is 0 Å². The molecule has 3 heteroatoms. The third-order valence-electron chi connectivity index (χ3n) is 2.58. The second-order valence-corrected chi connectivity index (χ2v) is 3.67. The predicted octanol–water partition coefficient (Wildman–Crippen LogP) is 2.43. The fourth-order valence-corrected chi connectivity index (χ4v) is 1.92. The van der Waals surface area contributed by atoms with Crippen LogP contribution in [0, 0.1) is 6.92 Å². The van der Waals surface area contributed by atoms with Crippen LogP contribution in [0.25, 0.3) is 0 Å². The smallest absolute Gasteiger partial charge is 0.411 e. The molecule has 0 unspecified atom stereocenters. The van der Waals surface area contributed by atoms with Crippen molar-refractivity contribution in [2.45, 2.75) is 19.8 Å². The van der Waals surface area contributed by atoms with Gasteiger partial charge in [-0.25, -0.2) is 4.79 Å². The van der Waals surface area contributed by atoms with Gasteiger partial charge in [-0.1, -0.05) is 17.7 Å². The highest BCUT2D eigenvalue weighted by atomic mass is 16.4. The molecule has 0 saturated carbocycles. The summed E-state index contributed by atoms with van der Waals surface area (Å²) in [6.45, 7) is 2.64. The quantitative estimate of drug-likeness (QED) is 0.684. The normalized spacial score (nSPS) is 15.1. The van der Waals surface area contributed by atoms with Crippen LogP contribution >= 0.6 is 0 Å². The number of hydrogen-bond acceptors (Lipinski definition) is 1. The molecule has 0 spiro atoms. The van der Waals surface area contributed by atoms with E-state index in [1.165, 1.54) is 10.5 Å². The van der Waals surface area contributed by atoms with Gasteiger partial charge in [0.15, 0.2) is 0 Å². The molecule has 0 radical (unpaired) electrons. The van der Waals surface area contributed by atoms with E-state index in [4.69, 9.17) is 5.11 Å². The van der Waals surface area contributed by atoms with Crippen molar-refractivity contribution < 1.29 is 9.90 Å². The van der Waals surface area contributed by atoms with Gasteiger partial charge >= 0.3 is 6.09 Å². The summed E-state index contributed by atoms with van der Waals surface area (Å²) in [5.74, 6) is 0. The zero-order valence-corrected chi connectivity index (χ0v) is 8.16. The number of aryl methyl sites for hydroxylation is 2. The number of amides is 1. The van der Waals surface area contributed by atoms with Crippen LogP contribution in [-0.2, 0) is 6.42 Å². The molecule has 0 fully saturated rings. The molecule has 0 aliphatic carbocycles. The highest BCUT2D eigenvalue weighted by Gasteiger charge is 2.21. The predicted molar refractivity (Wildman–Crippen MR) is 54.9 cm³/mol. The van der Waals surface area contributed by atoms with E-state index in [2.05, 4.69) is 6.07 Å².